The summed E-state index contributed by atoms with van der Waals surface area (Å²) >= 11 is 0. The van der Waals surface area contributed by atoms with Gasteiger partial charge in [0, 0.05) is 30.9 Å². The second-order valence-corrected chi connectivity index (χ2v) is 6.33. The highest BCUT2D eigenvalue weighted by atomic mass is 16.2. The molecule has 0 saturated heterocycles. The summed E-state index contributed by atoms with van der Waals surface area (Å²) in [5.74, 6) is -0.225. The number of anilines is 1. The number of carbonyl (C=O) groups excluding carboxylic acids is 2. The van der Waals surface area contributed by atoms with Crippen molar-refractivity contribution in [1.29, 1.82) is 0 Å². The average Bonchev–Trinajstić information content (AvgIpc) is 3.46. The van der Waals surface area contributed by atoms with Crippen molar-refractivity contribution in [2.24, 2.45) is 0 Å². The maximum absolute atomic E-state index is 12.4. The summed E-state index contributed by atoms with van der Waals surface area (Å²) in [5.41, 5.74) is 2.38. The lowest BCUT2D eigenvalue weighted by Gasteiger charge is -2.21. The Balaban J connectivity index is 1.61. The maximum Gasteiger partial charge on any atom is 0.251 e. The van der Waals surface area contributed by atoms with E-state index in [0.717, 1.165) is 19.4 Å². The minimum atomic E-state index is -0.167. The molecule has 3 rings (SSSR count). The number of carbonyl (C=O) groups is 2. The number of hydrogen-bond acceptors (Lipinski definition) is 3. The summed E-state index contributed by atoms with van der Waals surface area (Å²) in [6.07, 6.45) is 2.29. The summed E-state index contributed by atoms with van der Waals surface area (Å²) in [6.45, 7) is 1.13. The standard InChI is InChI=1S/C20H23N3O2/c1-21-20(25)16-8-5-9-17(12-16)22-19(24)14-23(18-10-11-18)13-15-6-3-2-4-7-15/h2-9,12,18H,10-11,13-14H2,1H3,(H,21,25)(H,22,24). The number of nitrogens with zero attached hydrogens (tertiary/aromatic N) is 1. The van der Waals surface area contributed by atoms with E-state index >= 15 is 0 Å². The van der Waals surface area contributed by atoms with Crippen LogP contribution in [0.3, 0.4) is 0 Å². The van der Waals surface area contributed by atoms with Crippen LogP contribution in [-0.2, 0) is 11.3 Å². The summed E-state index contributed by atoms with van der Waals surface area (Å²) in [4.78, 5) is 26.4. The van der Waals surface area contributed by atoms with Gasteiger partial charge in [0.05, 0.1) is 6.54 Å². The van der Waals surface area contributed by atoms with Gasteiger partial charge in [-0.15, -0.1) is 0 Å². The molecule has 1 fully saturated rings. The molecule has 0 unspecified atom stereocenters. The molecule has 2 aromatic rings. The second kappa shape index (κ2) is 7.94. The molecule has 2 amide bonds. The Morgan fingerprint density at radius 1 is 1.08 bits per heavy atom. The molecule has 0 heterocycles. The van der Waals surface area contributed by atoms with Crippen LogP contribution in [0, 0.1) is 0 Å². The molecule has 130 valence electrons. The second-order valence-electron chi connectivity index (χ2n) is 6.33. The van der Waals surface area contributed by atoms with Crippen molar-refractivity contribution in [2.75, 3.05) is 18.9 Å². The van der Waals surface area contributed by atoms with Gasteiger partial charge in [-0.3, -0.25) is 14.5 Å². The zero-order valence-corrected chi connectivity index (χ0v) is 14.4. The lowest BCUT2D eigenvalue weighted by Crippen LogP contribution is -2.34. The van der Waals surface area contributed by atoms with Gasteiger partial charge < -0.3 is 10.6 Å². The molecule has 2 N–H and O–H groups in total. The topological polar surface area (TPSA) is 61.4 Å². The minimum absolute atomic E-state index is 0.0584. The van der Waals surface area contributed by atoms with Gasteiger partial charge in [-0.2, -0.15) is 0 Å². The van der Waals surface area contributed by atoms with Crippen LogP contribution in [0.15, 0.2) is 54.6 Å². The van der Waals surface area contributed by atoms with Crippen molar-refractivity contribution in [3.05, 3.63) is 65.7 Å². The van der Waals surface area contributed by atoms with Gasteiger partial charge in [0.2, 0.25) is 5.91 Å². The van der Waals surface area contributed by atoms with Crippen LogP contribution in [0.4, 0.5) is 5.69 Å². The van der Waals surface area contributed by atoms with E-state index in [2.05, 4.69) is 27.7 Å². The van der Waals surface area contributed by atoms with Crippen LogP contribution in [0.1, 0.15) is 28.8 Å². The Morgan fingerprint density at radius 3 is 2.52 bits per heavy atom. The maximum atomic E-state index is 12.4. The number of nitrogens with one attached hydrogen (secondary N) is 2. The highest BCUT2D eigenvalue weighted by Gasteiger charge is 2.30. The highest BCUT2D eigenvalue weighted by molar-refractivity contribution is 5.97. The zero-order valence-electron chi connectivity index (χ0n) is 14.4. The van der Waals surface area contributed by atoms with Crippen molar-refractivity contribution in [1.82, 2.24) is 10.2 Å². The van der Waals surface area contributed by atoms with Gasteiger partial charge in [-0.05, 0) is 36.6 Å². The first-order valence-corrected chi connectivity index (χ1v) is 8.55. The van der Waals surface area contributed by atoms with Crippen LogP contribution in [-0.4, -0.2) is 36.3 Å². The Bertz CT molecular complexity index is 742. The zero-order chi connectivity index (χ0) is 17.6. The molecule has 0 bridgehead atoms. The first-order chi connectivity index (χ1) is 12.2. The molecule has 0 radical (unpaired) electrons. The summed E-state index contributed by atoms with van der Waals surface area (Å²) in [7, 11) is 1.59. The van der Waals surface area contributed by atoms with Gasteiger partial charge in [-0.25, -0.2) is 0 Å². The molecule has 25 heavy (non-hydrogen) atoms. The first kappa shape index (κ1) is 17.2. The monoisotopic (exact) mass is 337 g/mol. The average molecular weight is 337 g/mol. The third-order valence-corrected chi connectivity index (χ3v) is 4.27. The summed E-state index contributed by atoms with van der Waals surface area (Å²) in [5, 5.41) is 5.48. The van der Waals surface area contributed by atoms with E-state index in [1.54, 1.807) is 31.3 Å². The molecular formula is C20H23N3O2. The van der Waals surface area contributed by atoms with Crippen LogP contribution in [0.2, 0.25) is 0 Å². The van der Waals surface area contributed by atoms with Gasteiger partial charge in [0.1, 0.15) is 0 Å². The Kier molecular flexibility index (Phi) is 5.46. The van der Waals surface area contributed by atoms with Crippen LogP contribution >= 0.6 is 0 Å². The molecule has 1 aliphatic rings. The number of benzene rings is 2. The number of hydrogen-bond donors (Lipinski definition) is 2. The molecule has 5 nitrogen and oxygen atoms in total. The summed E-state index contributed by atoms with van der Waals surface area (Å²) < 4.78 is 0. The predicted molar refractivity (Wildman–Crippen MR) is 98.3 cm³/mol. The molecule has 2 aromatic carbocycles. The quantitative estimate of drug-likeness (QED) is 0.816. The van der Waals surface area contributed by atoms with E-state index in [-0.39, 0.29) is 11.8 Å². The van der Waals surface area contributed by atoms with E-state index in [1.807, 2.05) is 18.2 Å². The SMILES string of the molecule is CNC(=O)c1cccc(NC(=O)CN(Cc2ccccc2)C2CC2)c1. The van der Waals surface area contributed by atoms with E-state index in [1.165, 1.54) is 5.56 Å². The fraction of sp³-hybridized carbons (Fsp3) is 0.300. The Hall–Kier alpha value is -2.66. The molecular weight excluding hydrogens is 314 g/mol. The predicted octanol–water partition coefficient (Wildman–Crippen LogP) is 2.65. The lowest BCUT2D eigenvalue weighted by molar-refractivity contribution is -0.117. The smallest absolute Gasteiger partial charge is 0.251 e. The summed E-state index contributed by atoms with van der Waals surface area (Å²) in [6, 6.07) is 17.7. The fourth-order valence-electron chi connectivity index (χ4n) is 2.84. The van der Waals surface area contributed by atoms with Crippen LogP contribution in [0.25, 0.3) is 0 Å². The van der Waals surface area contributed by atoms with Crippen LogP contribution < -0.4 is 10.6 Å². The lowest BCUT2D eigenvalue weighted by atomic mass is 10.2. The minimum Gasteiger partial charge on any atom is -0.355 e. The fourth-order valence-corrected chi connectivity index (χ4v) is 2.84. The first-order valence-electron chi connectivity index (χ1n) is 8.55. The largest absolute Gasteiger partial charge is 0.355 e. The normalized spacial score (nSPS) is 13.5. The molecule has 5 heteroatoms. The van der Waals surface area contributed by atoms with Gasteiger partial charge in [0.15, 0.2) is 0 Å². The van der Waals surface area contributed by atoms with Crippen LogP contribution in [0.5, 0.6) is 0 Å². The van der Waals surface area contributed by atoms with E-state index in [9.17, 15) is 9.59 Å². The van der Waals surface area contributed by atoms with Crippen molar-refractivity contribution >= 4 is 17.5 Å². The highest BCUT2D eigenvalue weighted by Crippen LogP contribution is 2.28. The third-order valence-electron chi connectivity index (χ3n) is 4.27. The van der Waals surface area contributed by atoms with Crippen molar-refractivity contribution in [3.63, 3.8) is 0 Å². The van der Waals surface area contributed by atoms with Gasteiger partial charge in [0.25, 0.3) is 5.91 Å². The van der Waals surface area contributed by atoms with E-state index < -0.39 is 0 Å². The Morgan fingerprint density at radius 2 is 1.84 bits per heavy atom. The molecule has 1 saturated carbocycles. The van der Waals surface area contributed by atoms with Crippen molar-refractivity contribution < 1.29 is 9.59 Å². The number of amides is 2. The molecule has 0 aliphatic heterocycles. The van der Waals surface area contributed by atoms with Crippen molar-refractivity contribution in [2.45, 2.75) is 25.4 Å². The number of rotatable bonds is 7. The van der Waals surface area contributed by atoms with Gasteiger partial charge in [-0.1, -0.05) is 36.4 Å². The Labute approximate surface area is 148 Å². The van der Waals surface area contributed by atoms with E-state index in [4.69, 9.17) is 0 Å². The van der Waals surface area contributed by atoms with Gasteiger partial charge >= 0.3 is 0 Å². The molecule has 0 atom stereocenters. The molecule has 1 aliphatic carbocycles. The van der Waals surface area contributed by atoms with Crippen molar-refractivity contribution in [3.8, 4) is 0 Å². The molecule has 0 aromatic heterocycles. The molecule has 0 spiro atoms. The third kappa shape index (κ3) is 4.90. The van der Waals surface area contributed by atoms with E-state index in [0.29, 0.717) is 23.8 Å².